The van der Waals surface area contributed by atoms with E-state index in [0.29, 0.717) is 33.3 Å². The van der Waals surface area contributed by atoms with Crippen LogP contribution in [0, 0.1) is 11.8 Å². The van der Waals surface area contributed by atoms with Crippen molar-refractivity contribution in [2.24, 2.45) is 11.8 Å². The van der Waals surface area contributed by atoms with Crippen molar-refractivity contribution in [3.05, 3.63) is 51.3 Å². The minimum absolute atomic E-state index is 0.0561. The molecule has 1 aliphatic rings. The number of amides is 1. The van der Waals surface area contributed by atoms with Crippen LogP contribution in [-0.2, 0) is 9.53 Å². The van der Waals surface area contributed by atoms with Gasteiger partial charge in [-0.3, -0.25) is 9.59 Å². The highest BCUT2D eigenvalue weighted by molar-refractivity contribution is 7.16. The van der Waals surface area contributed by atoms with Crippen LogP contribution in [0.2, 0.25) is 0 Å². The van der Waals surface area contributed by atoms with Gasteiger partial charge in [0.1, 0.15) is 5.00 Å². The molecule has 1 saturated carbocycles. The number of benzene rings is 1. The van der Waals surface area contributed by atoms with Crippen LogP contribution in [0.4, 0.5) is 5.00 Å². The Morgan fingerprint density at radius 2 is 1.84 bits per heavy atom. The number of esters is 1. The number of carbonyl (C=O) groups is 2. The van der Waals surface area contributed by atoms with Gasteiger partial charge in [0.2, 0.25) is 5.91 Å². The number of carbonyl (C=O) groups excluding carboxylic acids is 2. The molecule has 0 bridgehead atoms. The maximum absolute atomic E-state index is 13.7. The number of hydrogen-bond acceptors (Lipinski definition) is 6. The number of thiophene rings is 1. The van der Waals surface area contributed by atoms with E-state index in [1.54, 1.807) is 12.3 Å². The van der Waals surface area contributed by atoms with Gasteiger partial charge in [0.15, 0.2) is 5.69 Å². The molecular formula is C29H37N3O4S. The summed E-state index contributed by atoms with van der Waals surface area (Å²) in [7, 11) is 0. The van der Waals surface area contributed by atoms with E-state index >= 15 is 0 Å². The minimum Gasteiger partial charge on any atom is -0.461 e. The molecule has 8 heteroatoms. The summed E-state index contributed by atoms with van der Waals surface area (Å²) in [6.45, 7) is 8.33. The van der Waals surface area contributed by atoms with Crippen molar-refractivity contribution in [3.8, 4) is 5.69 Å². The van der Waals surface area contributed by atoms with Gasteiger partial charge in [-0.15, -0.1) is 11.3 Å². The van der Waals surface area contributed by atoms with Gasteiger partial charge in [0.25, 0.3) is 5.56 Å². The molecule has 2 aromatic heterocycles. The van der Waals surface area contributed by atoms with Crippen LogP contribution in [0.15, 0.2) is 34.4 Å². The molecule has 0 saturated heterocycles. The number of ether oxygens (including phenoxy) is 1. The second-order valence-corrected chi connectivity index (χ2v) is 11.1. The summed E-state index contributed by atoms with van der Waals surface area (Å²) in [4.78, 5) is 39.7. The number of anilines is 1. The largest absolute Gasteiger partial charge is 0.461 e. The van der Waals surface area contributed by atoms with Gasteiger partial charge in [-0.2, -0.15) is 9.78 Å². The summed E-state index contributed by atoms with van der Waals surface area (Å²) in [5.41, 5.74) is 1.38. The number of aromatic nitrogens is 2. The fourth-order valence-corrected chi connectivity index (χ4v) is 6.03. The van der Waals surface area contributed by atoms with Gasteiger partial charge in [-0.1, -0.05) is 52.2 Å². The zero-order valence-corrected chi connectivity index (χ0v) is 23.0. The number of nitrogens with zero attached hydrogens (tertiary/aromatic N) is 2. The highest BCUT2D eigenvalue weighted by atomic mass is 32.1. The molecule has 1 aromatic carbocycles. The third-order valence-electron chi connectivity index (χ3n) is 7.35. The van der Waals surface area contributed by atoms with Crippen LogP contribution in [0.1, 0.15) is 94.6 Å². The first-order valence-electron chi connectivity index (χ1n) is 13.5. The smallest absolute Gasteiger partial charge is 0.359 e. The Morgan fingerprint density at radius 1 is 1.14 bits per heavy atom. The Balaban J connectivity index is 1.67. The standard InChI is InChI=1S/C29H37N3O4S/c1-5-7-8-19-9-11-21(12-10-19)26(33)30-27-24-23(17-37-27)25(29(35)36-6-2)31-32(28(24)34)22-15-13-20(14-16-22)18(3)4/h13-19,21H,5-12H2,1-4H3,(H,30,33). The monoisotopic (exact) mass is 523 g/mol. The number of unbranched alkanes of at least 4 members (excludes halogenated alkanes) is 1. The Morgan fingerprint density at radius 3 is 2.46 bits per heavy atom. The molecule has 0 unspecified atom stereocenters. The van der Waals surface area contributed by atoms with Crippen LogP contribution in [0.25, 0.3) is 16.5 Å². The quantitative estimate of drug-likeness (QED) is 0.316. The molecular weight excluding hydrogens is 486 g/mol. The Labute approximate surface area is 222 Å². The topological polar surface area (TPSA) is 90.3 Å². The van der Waals surface area contributed by atoms with E-state index in [2.05, 4.69) is 31.2 Å². The molecule has 3 aromatic rings. The van der Waals surface area contributed by atoms with Crippen molar-refractivity contribution in [2.45, 2.75) is 78.6 Å². The van der Waals surface area contributed by atoms with Gasteiger partial charge >= 0.3 is 5.97 Å². The van der Waals surface area contributed by atoms with Gasteiger partial charge < -0.3 is 10.1 Å². The number of fused-ring (bicyclic) bond motifs is 1. The summed E-state index contributed by atoms with van der Waals surface area (Å²) in [6.07, 6.45) is 7.55. The molecule has 0 aliphatic heterocycles. The molecule has 0 atom stereocenters. The molecule has 0 spiro atoms. The van der Waals surface area contributed by atoms with E-state index < -0.39 is 5.97 Å². The maximum atomic E-state index is 13.7. The van der Waals surface area contributed by atoms with Crippen molar-refractivity contribution in [1.29, 1.82) is 0 Å². The molecule has 1 fully saturated rings. The van der Waals surface area contributed by atoms with Gasteiger partial charge in [-0.05, 0) is 62.1 Å². The molecule has 1 amide bonds. The average molecular weight is 524 g/mol. The summed E-state index contributed by atoms with van der Waals surface area (Å²) in [5.74, 6) is 0.337. The first-order chi connectivity index (χ1) is 17.8. The molecule has 198 valence electrons. The second-order valence-electron chi connectivity index (χ2n) is 10.2. The number of rotatable bonds is 9. The van der Waals surface area contributed by atoms with E-state index in [9.17, 15) is 14.4 Å². The molecule has 2 heterocycles. The van der Waals surface area contributed by atoms with Crippen LogP contribution in [0.5, 0.6) is 0 Å². The van der Waals surface area contributed by atoms with Crippen molar-refractivity contribution < 1.29 is 14.3 Å². The second kappa shape index (κ2) is 12.0. The molecule has 7 nitrogen and oxygen atoms in total. The van der Waals surface area contributed by atoms with Crippen LogP contribution >= 0.6 is 11.3 Å². The normalized spacial score (nSPS) is 17.8. The maximum Gasteiger partial charge on any atom is 0.359 e. The van der Waals surface area contributed by atoms with Crippen molar-refractivity contribution in [1.82, 2.24) is 9.78 Å². The van der Waals surface area contributed by atoms with Gasteiger partial charge in [0.05, 0.1) is 17.7 Å². The molecule has 4 rings (SSSR count). The van der Waals surface area contributed by atoms with Crippen LogP contribution in [0.3, 0.4) is 0 Å². The van der Waals surface area contributed by atoms with Gasteiger partial charge in [0, 0.05) is 16.7 Å². The number of hydrogen-bond donors (Lipinski definition) is 1. The summed E-state index contributed by atoms with van der Waals surface area (Å²) in [5, 5.41) is 10.3. The summed E-state index contributed by atoms with van der Waals surface area (Å²) < 4.78 is 6.48. The highest BCUT2D eigenvalue weighted by Gasteiger charge is 2.28. The van der Waals surface area contributed by atoms with E-state index in [-0.39, 0.29) is 29.7 Å². The average Bonchev–Trinajstić information content (AvgIpc) is 3.32. The third-order valence-corrected chi connectivity index (χ3v) is 8.24. The lowest BCUT2D eigenvalue weighted by Crippen LogP contribution is -2.28. The lowest BCUT2D eigenvalue weighted by molar-refractivity contribution is -0.121. The zero-order valence-electron chi connectivity index (χ0n) is 22.2. The molecule has 37 heavy (non-hydrogen) atoms. The predicted molar refractivity (Wildman–Crippen MR) is 149 cm³/mol. The lowest BCUT2D eigenvalue weighted by atomic mass is 9.79. The molecule has 1 N–H and O–H groups in total. The summed E-state index contributed by atoms with van der Waals surface area (Å²) >= 11 is 1.25. The fourth-order valence-electron chi connectivity index (χ4n) is 5.09. The van der Waals surface area contributed by atoms with Crippen molar-refractivity contribution in [2.75, 3.05) is 11.9 Å². The Hall–Kier alpha value is -3.00. The zero-order chi connectivity index (χ0) is 26.5. The summed E-state index contributed by atoms with van der Waals surface area (Å²) in [6, 6.07) is 7.56. The fraction of sp³-hybridized carbons (Fsp3) is 0.517. The van der Waals surface area contributed by atoms with E-state index in [4.69, 9.17) is 4.74 Å². The first-order valence-corrected chi connectivity index (χ1v) is 14.3. The Bertz CT molecular complexity index is 1300. The number of nitrogens with one attached hydrogen (secondary N) is 1. The van der Waals surface area contributed by atoms with Crippen LogP contribution < -0.4 is 10.9 Å². The predicted octanol–water partition coefficient (Wildman–Crippen LogP) is 6.68. The molecule has 0 radical (unpaired) electrons. The lowest BCUT2D eigenvalue weighted by Gasteiger charge is -2.27. The van der Waals surface area contributed by atoms with E-state index in [0.717, 1.165) is 31.2 Å². The van der Waals surface area contributed by atoms with Crippen molar-refractivity contribution >= 4 is 39.0 Å². The third kappa shape index (κ3) is 5.95. The minimum atomic E-state index is -0.596. The van der Waals surface area contributed by atoms with E-state index in [1.807, 2.05) is 24.3 Å². The highest BCUT2D eigenvalue weighted by Crippen LogP contribution is 2.35. The van der Waals surface area contributed by atoms with Crippen molar-refractivity contribution in [3.63, 3.8) is 0 Å². The van der Waals surface area contributed by atoms with Gasteiger partial charge in [-0.25, -0.2) is 4.79 Å². The SMILES string of the molecule is CCCCC1CCC(C(=O)Nc2scc3c(C(=O)OCC)nn(-c4ccc(C(C)C)cc4)c(=O)c23)CC1. The molecule has 1 aliphatic carbocycles. The van der Waals surface area contributed by atoms with Crippen LogP contribution in [-0.4, -0.2) is 28.3 Å². The first kappa shape index (κ1) is 27.0. The van der Waals surface area contributed by atoms with E-state index in [1.165, 1.54) is 35.3 Å². The Kier molecular flexibility index (Phi) is 8.79.